The van der Waals surface area contributed by atoms with Crippen molar-refractivity contribution in [3.63, 3.8) is 0 Å². The van der Waals surface area contributed by atoms with Gasteiger partial charge in [0.25, 0.3) is 0 Å². The van der Waals surface area contributed by atoms with Gasteiger partial charge < -0.3 is 15.5 Å². The Bertz CT molecular complexity index is 845. The maximum absolute atomic E-state index is 13.6. The fourth-order valence-electron chi connectivity index (χ4n) is 5.33. The summed E-state index contributed by atoms with van der Waals surface area (Å²) in [5.74, 6) is -0.498. The van der Waals surface area contributed by atoms with Crippen LogP contribution in [0.15, 0.2) is 24.4 Å². The molecule has 1 saturated carbocycles. The molecule has 1 aromatic heterocycles. The van der Waals surface area contributed by atoms with Crippen LogP contribution in [0.5, 0.6) is 0 Å². The van der Waals surface area contributed by atoms with Crippen molar-refractivity contribution in [2.75, 3.05) is 19.6 Å². The van der Waals surface area contributed by atoms with E-state index in [1.165, 1.54) is 0 Å². The van der Waals surface area contributed by atoms with Gasteiger partial charge in [-0.05, 0) is 42.7 Å². The third-order valence-corrected chi connectivity index (χ3v) is 7.50. The predicted octanol–water partition coefficient (Wildman–Crippen LogP) is 2.74. The van der Waals surface area contributed by atoms with Crippen LogP contribution in [-0.4, -0.2) is 70.1 Å². The van der Waals surface area contributed by atoms with E-state index in [-0.39, 0.29) is 18.4 Å². The molecule has 3 N–H and O–H groups in total. The first-order valence-electron chi connectivity index (χ1n) is 13.3. The molecule has 1 saturated heterocycles. The van der Waals surface area contributed by atoms with E-state index in [0.717, 1.165) is 44.2 Å². The van der Waals surface area contributed by atoms with Gasteiger partial charge in [0.15, 0.2) is 0 Å². The number of likely N-dealkylation sites (tertiary alicyclic amines) is 1. The summed E-state index contributed by atoms with van der Waals surface area (Å²) >= 11 is 0. The van der Waals surface area contributed by atoms with Crippen molar-refractivity contribution >= 4 is 18.2 Å². The molecular formula is C27H43N5O4. The molecule has 1 aliphatic heterocycles. The number of piperidine rings is 1. The normalized spacial score (nSPS) is 19.1. The van der Waals surface area contributed by atoms with E-state index in [2.05, 4.69) is 15.6 Å². The van der Waals surface area contributed by atoms with Crippen molar-refractivity contribution in [3.05, 3.63) is 30.1 Å². The van der Waals surface area contributed by atoms with Crippen molar-refractivity contribution in [1.29, 1.82) is 0 Å². The van der Waals surface area contributed by atoms with Gasteiger partial charge in [-0.1, -0.05) is 52.5 Å². The number of nitrogens with zero attached hydrogens (tertiary/aromatic N) is 3. The zero-order chi connectivity index (χ0) is 26.1. The summed E-state index contributed by atoms with van der Waals surface area (Å²) in [5, 5.41) is 16.9. The van der Waals surface area contributed by atoms with Crippen molar-refractivity contribution < 1.29 is 19.6 Å². The van der Waals surface area contributed by atoms with Gasteiger partial charge in [-0.3, -0.25) is 24.6 Å². The number of hydroxylamine groups is 2. The van der Waals surface area contributed by atoms with Gasteiger partial charge in [0, 0.05) is 31.9 Å². The van der Waals surface area contributed by atoms with Gasteiger partial charge in [0.2, 0.25) is 18.2 Å². The van der Waals surface area contributed by atoms with Crippen LogP contribution in [0.4, 0.5) is 0 Å². The molecule has 0 spiro atoms. The highest BCUT2D eigenvalue weighted by Gasteiger charge is 2.38. The molecule has 2 fully saturated rings. The molecule has 200 valence electrons. The maximum Gasteiger partial charge on any atom is 0.245 e. The fourth-order valence-corrected chi connectivity index (χ4v) is 5.33. The number of carbonyl (C=O) groups excluding carboxylic acids is 3. The van der Waals surface area contributed by atoms with Crippen molar-refractivity contribution in [2.45, 2.75) is 84.3 Å². The van der Waals surface area contributed by atoms with Gasteiger partial charge in [-0.15, -0.1) is 0 Å². The van der Waals surface area contributed by atoms with Crippen molar-refractivity contribution in [1.82, 2.24) is 25.6 Å². The summed E-state index contributed by atoms with van der Waals surface area (Å²) in [4.78, 5) is 44.1. The first-order valence-corrected chi connectivity index (χ1v) is 13.3. The van der Waals surface area contributed by atoms with Crippen LogP contribution in [0.1, 0.15) is 71.4 Å². The molecule has 3 rings (SSSR count). The standard InChI is InChI=1S/C27H43N5O4/c1-27(2,3)24(30-25(34)21(18-32(36)19-33)16-20-8-4-5-9-20)26(35)31-14-11-22(12-15-31)29-17-23-10-6-7-13-28-23/h6-7,10,13,19-22,24,29,36H,4-5,8-9,11-12,14-18H2,1-3H3,(H,30,34)/t21-,24-/m1/s1. The molecule has 0 unspecified atom stereocenters. The van der Waals surface area contributed by atoms with Crippen LogP contribution < -0.4 is 10.6 Å². The molecule has 9 nitrogen and oxygen atoms in total. The van der Waals surface area contributed by atoms with Crippen LogP contribution in [0.3, 0.4) is 0 Å². The Labute approximate surface area is 215 Å². The molecule has 0 radical (unpaired) electrons. The lowest BCUT2D eigenvalue weighted by atomic mass is 9.84. The third-order valence-electron chi connectivity index (χ3n) is 7.50. The summed E-state index contributed by atoms with van der Waals surface area (Å²) in [6.45, 7) is 7.74. The minimum Gasteiger partial charge on any atom is -0.344 e. The average Bonchev–Trinajstić information content (AvgIpc) is 3.38. The van der Waals surface area contributed by atoms with Gasteiger partial charge in [-0.2, -0.15) is 0 Å². The second kappa shape index (κ2) is 13.1. The number of amides is 3. The zero-order valence-corrected chi connectivity index (χ0v) is 22.0. The monoisotopic (exact) mass is 501 g/mol. The Balaban J connectivity index is 1.58. The lowest BCUT2D eigenvalue weighted by Crippen LogP contribution is -2.58. The fraction of sp³-hybridized carbons (Fsp3) is 0.704. The topological polar surface area (TPSA) is 115 Å². The lowest BCUT2D eigenvalue weighted by molar-refractivity contribution is -0.156. The number of nitrogens with one attached hydrogen (secondary N) is 2. The van der Waals surface area contributed by atoms with E-state index in [4.69, 9.17) is 0 Å². The quantitative estimate of drug-likeness (QED) is 0.244. The molecule has 2 heterocycles. The van der Waals surface area contributed by atoms with Crippen LogP contribution in [0.25, 0.3) is 0 Å². The van der Waals surface area contributed by atoms with E-state index < -0.39 is 17.4 Å². The molecule has 0 aromatic carbocycles. The SMILES string of the molecule is CC(C)(C)[C@H](NC(=O)[C@H](CC1CCCC1)CN(O)C=O)C(=O)N1CCC(NCc2ccccn2)CC1. The Morgan fingerprint density at radius 3 is 2.47 bits per heavy atom. The van der Waals surface area contributed by atoms with Crippen LogP contribution in [-0.2, 0) is 20.9 Å². The van der Waals surface area contributed by atoms with Crippen LogP contribution >= 0.6 is 0 Å². The molecule has 9 heteroatoms. The second-order valence-electron chi connectivity index (χ2n) is 11.4. The molecule has 1 aromatic rings. The van der Waals surface area contributed by atoms with Crippen molar-refractivity contribution in [3.8, 4) is 0 Å². The largest absolute Gasteiger partial charge is 0.344 e. The number of pyridine rings is 1. The van der Waals surface area contributed by atoms with E-state index in [9.17, 15) is 19.6 Å². The summed E-state index contributed by atoms with van der Waals surface area (Å²) in [6, 6.07) is 5.50. The average molecular weight is 502 g/mol. The summed E-state index contributed by atoms with van der Waals surface area (Å²) in [5.41, 5.74) is 0.511. The van der Waals surface area contributed by atoms with Gasteiger partial charge in [0.1, 0.15) is 6.04 Å². The number of hydrogen-bond donors (Lipinski definition) is 3. The molecule has 2 atom stereocenters. The molecule has 1 aliphatic carbocycles. The summed E-state index contributed by atoms with van der Waals surface area (Å²) in [6.07, 6.45) is 8.80. The molecule has 0 bridgehead atoms. The van der Waals surface area contributed by atoms with E-state index in [1.54, 1.807) is 6.20 Å². The van der Waals surface area contributed by atoms with E-state index >= 15 is 0 Å². The number of aromatic nitrogens is 1. The Kier molecular flexibility index (Phi) is 10.2. The first-order chi connectivity index (χ1) is 17.2. The predicted molar refractivity (Wildman–Crippen MR) is 137 cm³/mol. The number of rotatable bonds is 11. The third kappa shape index (κ3) is 8.27. The Morgan fingerprint density at radius 2 is 1.89 bits per heavy atom. The van der Waals surface area contributed by atoms with Gasteiger partial charge in [0.05, 0.1) is 18.2 Å². The highest BCUT2D eigenvalue weighted by molar-refractivity contribution is 5.89. The van der Waals surface area contributed by atoms with Gasteiger partial charge >= 0.3 is 0 Å². The summed E-state index contributed by atoms with van der Waals surface area (Å²) in [7, 11) is 0. The highest BCUT2D eigenvalue weighted by atomic mass is 16.5. The van der Waals surface area contributed by atoms with E-state index in [1.807, 2.05) is 43.9 Å². The smallest absolute Gasteiger partial charge is 0.245 e. The molecular weight excluding hydrogens is 458 g/mol. The highest BCUT2D eigenvalue weighted by Crippen LogP contribution is 2.31. The molecule has 2 aliphatic rings. The molecule has 36 heavy (non-hydrogen) atoms. The minimum absolute atomic E-state index is 0.0653. The van der Waals surface area contributed by atoms with Crippen molar-refractivity contribution in [2.24, 2.45) is 17.3 Å². The Morgan fingerprint density at radius 1 is 1.19 bits per heavy atom. The van der Waals surface area contributed by atoms with Gasteiger partial charge in [-0.25, -0.2) is 5.06 Å². The van der Waals surface area contributed by atoms with E-state index in [0.29, 0.717) is 49.5 Å². The zero-order valence-electron chi connectivity index (χ0n) is 22.0. The first kappa shape index (κ1) is 28.1. The lowest BCUT2D eigenvalue weighted by Gasteiger charge is -2.39. The second-order valence-corrected chi connectivity index (χ2v) is 11.4. The minimum atomic E-state index is -0.683. The number of hydrogen-bond acceptors (Lipinski definition) is 6. The molecule has 3 amide bonds. The number of carbonyl (C=O) groups is 3. The Hall–Kier alpha value is -2.52. The summed E-state index contributed by atoms with van der Waals surface area (Å²) < 4.78 is 0. The van der Waals surface area contributed by atoms with Crippen LogP contribution in [0.2, 0.25) is 0 Å². The maximum atomic E-state index is 13.6. The van der Waals surface area contributed by atoms with Crippen LogP contribution in [0, 0.1) is 17.3 Å².